The number of carbonyl (C=O) groups excluding carboxylic acids is 1. The molecule has 0 bridgehead atoms. The zero-order valence-electron chi connectivity index (χ0n) is 12.8. The van der Waals surface area contributed by atoms with Gasteiger partial charge in [-0.15, -0.1) is 0 Å². The highest BCUT2D eigenvalue weighted by atomic mass is 16.1. The van der Waals surface area contributed by atoms with Gasteiger partial charge in [-0.05, 0) is 54.0 Å². The van der Waals surface area contributed by atoms with E-state index in [0.29, 0.717) is 22.5 Å². The number of nitrogens with two attached hydrogens (primary N) is 2. The molecule has 5 heteroatoms. The molecule has 0 fully saturated rings. The lowest BCUT2D eigenvalue weighted by atomic mass is 9.95. The number of nitrogen functional groups attached to an aromatic ring is 1. The molecule has 0 radical (unpaired) electrons. The average molecular weight is 306 g/mol. The molecular weight excluding hydrogens is 288 g/mol. The standard InChI is InChI=1S/C18H18N4O/c1-3-17(23)22-14-8-12(10-19)7-13(9-14)18(21)15-5-4-11(2)6-16(15)20/h3-9,18H,1,20-21H2,2H3,(H,22,23). The van der Waals surface area contributed by atoms with Gasteiger partial charge in [-0.1, -0.05) is 18.7 Å². The van der Waals surface area contributed by atoms with Crippen molar-refractivity contribution in [3.8, 4) is 6.07 Å². The van der Waals surface area contributed by atoms with E-state index in [2.05, 4.69) is 18.0 Å². The number of nitriles is 1. The SMILES string of the molecule is C=CC(=O)Nc1cc(C#N)cc(C(N)c2ccc(C)cc2N)c1. The lowest BCUT2D eigenvalue weighted by Crippen LogP contribution is -2.15. The molecule has 0 aliphatic heterocycles. The van der Waals surface area contributed by atoms with Gasteiger partial charge in [0, 0.05) is 11.4 Å². The number of amides is 1. The van der Waals surface area contributed by atoms with E-state index in [1.165, 1.54) is 0 Å². The highest BCUT2D eigenvalue weighted by Crippen LogP contribution is 2.28. The third-order valence-electron chi connectivity index (χ3n) is 3.47. The predicted octanol–water partition coefficient (Wildman–Crippen LogP) is 2.62. The van der Waals surface area contributed by atoms with E-state index in [9.17, 15) is 10.1 Å². The normalized spacial score (nSPS) is 11.3. The van der Waals surface area contributed by atoms with Crippen molar-refractivity contribution in [2.45, 2.75) is 13.0 Å². The van der Waals surface area contributed by atoms with Crippen molar-refractivity contribution in [1.82, 2.24) is 0 Å². The largest absolute Gasteiger partial charge is 0.398 e. The first-order chi connectivity index (χ1) is 10.9. The number of nitrogens with zero attached hydrogens (tertiary/aromatic N) is 1. The van der Waals surface area contributed by atoms with E-state index in [4.69, 9.17) is 11.5 Å². The van der Waals surface area contributed by atoms with E-state index in [0.717, 1.165) is 17.2 Å². The fraction of sp³-hybridized carbons (Fsp3) is 0.111. The van der Waals surface area contributed by atoms with Crippen molar-refractivity contribution >= 4 is 17.3 Å². The third kappa shape index (κ3) is 3.76. The van der Waals surface area contributed by atoms with Crippen LogP contribution in [0.1, 0.15) is 28.3 Å². The lowest BCUT2D eigenvalue weighted by Gasteiger charge is -2.17. The quantitative estimate of drug-likeness (QED) is 0.596. The maximum absolute atomic E-state index is 11.5. The van der Waals surface area contributed by atoms with E-state index < -0.39 is 6.04 Å². The maximum atomic E-state index is 11.5. The van der Waals surface area contributed by atoms with Crippen LogP contribution in [0.5, 0.6) is 0 Å². The summed E-state index contributed by atoms with van der Waals surface area (Å²) >= 11 is 0. The van der Waals surface area contributed by atoms with Crippen molar-refractivity contribution in [2.24, 2.45) is 5.73 Å². The van der Waals surface area contributed by atoms with Gasteiger partial charge in [-0.25, -0.2) is 0 Å². The van der Waals surface area contributed by atoms with Gasteiger partial charge < -0.3 is 16.8 Å². The Balaban J connectivity index is 2.45. The van der Waals surface area contributed by atoms with Crippen LogP contribution in [0.15, 0.2) is 49.1 Å². The Bertz CT molecular complexity index is 805. The summed E-state index contributed by atoms with van der Waals surface area (Å²) < 4.78 is 0. The molecule has 0 aliphatic rings. The Hall–Kier alpha value is -3.10. The molecule has 0 aliphatic carbocycles. The third-order valence-corrected chi connectivity index (χ3v) is 3.47. The number of rotatable bonds is 4. The van der Waals surface area contributed by atoms with Crippen molar-refractivity contribution < 1.29 is 4.79 Å². The van der Waals surface area contributed by atoms with Gasteiger partial charge in [0.25, 0.3) is 0 Å². The molecule has 0 aromatic heterocycles. The highest BCUT2D eigenvalue weighted by molar-refractivity contribution is 5.99. The van der Waals surface area contributed by atoms with Crippen LogP contribution in [0.25, 0.3) is 0 Å². The molecule has 23 heavy (non-hydrogen) atoms. The minimum atomic E-state index is -0.497. The van der Waals surface area contributed by atoms with Crippen LogP contribution < -0.4 is 16.8 Å². The van der Waals surface area contributed by atoms with Crippen LogP contribution in [0.2, 0.25) is 0 Å². The summed E-state index contributed by atoms with van der Waals surface area (Å²) in [7, 11) is 0. The first-order valence-corrected chi connectivity index (χ1v) is 7.04. The second-order valence-electron chi connectivity index (χ2n) is 5.26. The molecule has 0 spiro atoms. The molecule has 0 saturated heterocycles. The summed E-state index contributed by atoms with van der Waals surface area (Å²) in [6, 6.07) is 12.2. The Morgan fingerprint density at radius 1 is 1.35 bits per heavy atom. The number of nitrogens with one attached hydrogen (secondary N) is 1. The summed E-state index contributed by atoms with van der Waals surface area (Å²) in [5, 5.41) is 11.8. The molecule has 0 saturated carbocycles. The van der Waals surface area contributed by atoms with Crippen molar-refractivity contribution in [3.05, 3.63) is 71.3 Å². The summed E-state index contributed by atoms with van der Waals surface area (Å²) in [4.78, 5) is 11.5. The van der Waals surface area contributed by atoms with Crippen LogP contribution >= 0.6 is 0 Å². The number of carbonyl (C=O) groups is 1. The van der Waals surface area contributed by atoms with Crippen LogP contribution in [-0.4, -0.2) is 5.91 Å². The van der Waals surface area contributed by atoms with E-state index in [1.54, 1.807) is 18.2 Å². The molecule has 0 heterocycles. The van der Waals surface area contributed by atoms with Crippen molar-refractivity contribution in [3.63, 3.8) is 0 Å². The van der Waals surface area contributed by atoms with Crippen molar-refractivity contribution in [2.75, 3.05) is 11.1 Å². The van der Waals surface area contributed by atoms with Crippen LogP contribution in [0, 0.1) is 18.3 Å². The van der Waals surface area contributed by atoms with Crippen molar-refractivity contribution in [1.29, 1.82) is 5.26 Å². The summed E-state index contributed by atoms with van der Waals surface area (Å²) in [6.07, 6.45) is 1.16. The van der Waals surface area contributed by atoms with E-state index >= 15 is 0 Å². The average Bonchev–Trinajstić information content (AvgIpc) is 2.53. The summed E-state index contributed by atoms with van der Waals surface area (Å²) in [6.45, 7) is 5.36. The number of hydrogen-bond donors (Lipinski definition) is 3. The second kappa shape index (κ2) is 6.77. The second-order valence-corrected chi connectivity index (χ2v) is 5.26. The minimum absolute atomic E-state index is 0.352. The predicted molar refractivity (Wildman–Crippen MR) is 91.6 cm³/mol. The molecule has 2 aromatic rings. The zero-order chi connectivity index (χ0) is 17.0. The Morgan fingerprint density at radius 2 is 2.09 bits per heavy atom. The Kier molecular flexibility index (Phi) is 4.79. The molecule has 5 N–H and O–H groups in total. The number of benzene rings is 2. The number of aryl methyl sites for hydroxylation is 1. The zero-order valence-corrected chi connectivity index (χ0v) is 12.8. The first-order valence-electron chi connectivity index (χ1n) is 7.04. The maximum Gasteiger partial charge on any atom is 0.247 e. The molecule has 2 aromatic carbocycles. The molecule has 1 unspecified atom stereocenters. The fourth-order valence-electron chi connectivity index (χ4n) is 2.32. The number of anilines is 2. The highest BCUT2D eigenvalue weighted by Gasteiger charge is 2.14. The Labute approximate surface area is 135 Å². The van der Waals surface area contributed by atoms with E-state index in [1.807, 2.05) is 25.1 Å². The topological polar surface area (TPSA) is 105 Å². The first kappa shape index (κ1) is 16.3. The summed E-state index contributed by atoms with van der Waals surface area (Å²) in [5.41, 5.74) is 16.3. The van der Waals surface area contributed by atoms with Gasteiger partial charge >= 0.3 is 0 Å². The molecular formula is C18H18N4O. The molecule has 1 atom stereocenters. The smallest absolute Gasteiger partial charge is 0.247 e. The monoisotopic (exact) mass is 306 g/mol. The fourth-order valence-corrected chi connectivity index (χ4v) is 2.32. The van der Waals surface area contributed by atoms with Crippen LogP contribution in [0.3, 0.4) is 0 Å². The van der Waals surface area contributed by atoms with E-state index in [-0.39, 0.29) is 5.91 Å². The summed E-state index contributed by atoms with van der Waals surface area (Å²) in [5.74, 6) is -0.352. The number of hydrogen-bond acceptors (Lipinski definition) is 4. The Morgan fingerprint density at radius 3 is 2.70 bits per heavy atom. The van der Waals surface area contributed by atoms with Crippen LogP contribution in [-0.2, 0) is 4.79 Å². The molecule has 2 rings (SSSR count). The minimum Gasteiger partial charge on any atom is -0.398 e. The van der Waals surface area contributed by atoms with Gasteiger partial charge in [-0.3, -0.25) is 4.79 Å². The van der Waals surface area contributed by atoms with Crippen LogP contribution in [0.4, 0.5) is 11.4 Å². The molecule has 1 amide bonds. The van der Waals surface area contributed by atoms with Gasteiger partial charge in [0.05, 0.1) is 17.7 Å². The molecule has 116 valence electrons. The lowest BCUT2D eigenvalue weighted by molar-refractivity contribution is -0.111. The van der Waals surface area contributed by atoms with Gasteiger partial charge in [-0.2, -0.15) is 5.26 Å². The van der Waals surface area contributed by atoms with Gasteiger partial charge in [0.2, 0.25) is 5.91 Å². The van der Waals surface area contributed by atoms with Gasteiger partial charge in [0.1, 0.15) is 0 Å². The van der Waals surface area contributed by atoms with Gasteiger partial charge in [0.15, 0.2) is 0 Å². The molecule has 5 nitrogen and oxygen atoms in total.